The van der Waals surface area contributed by atoms with Crippen molar-refractivity contribution in [2.75, 3.05) is 7.11 Å². The summed E-state index contributed by atoms with van der Waals surface area (Å²) in [5.41, 5.74) is -0.259. The molecule has 0 aliphatic heterocycles. The number of benzene rings is 2. The minimum absolute atomic E-state index is 0.0455. The van der Waals surface area contributed by atoms with Gasteiger partial charge in [0.05, 0.1) is 25.3 Å². The van der Waals surface area contributed by atoms with Crippen LogP contribution in [0.3, 0.4) is 0 Å². The van der Waals surface area contributed by atoms with Crippen LogP contribution in [0, 0.1) is 0 Å². The fraction of sp³-hybridized carbons (Fsp3) is 0.318. The van der Waals surface area contributed by atoms with E-state index in [4.69, 9.17) is 9.88 Å². The first kappa shape index (κ1) is 24.8. The molecule has 9 nitrogen and oxygen atoms in total. The summed E-state index contributed by atoms with van der Waals surface area (Å²) in [6, 6.07) is 8.74. The minimum atomic E-state index is -5.00. The molecule has 0 spiro atoms. The Hall–Kier alpha value is -3.29. The van der Waals surface area contributed by atoms with Crippen molar-refractivity contribution in [3.8, 4) is 17.1 Å². The topological polar surface area (TPSA) is 133 Å². The average molecular weight is 510 g/mol. The lowest BCUT2D eigenvalue weighted by molar-refractivity contribution is -0.139. The Kier molecular flexibility index (Phi) is 6.66. The highest BCUT2D eigenvalue weighted by Crippen LogP contribution is 2.43. The zero-order valence-corrected chi connectivity index (χ0v) is 19.3. The lowest BCUT2D eigenvalue weighted by Gasteiger charge is -2.23. The van der Waals surface area contributed by atoms with Crippen LogP contribution in [0.5, 0.6) is 5.75 Å². The summed E-state index contributed by atoms with van der Waals surface area (Å²) >= 11 is 0. The standard InChI is InChI=1S/C22H22F3N5O4S/c1-34-16-8-2-13(3-9-16)12-30-21(27-28-29-30)19-17(14-4-6-15(31)7-5-14)10-11-18(22(23,24)25)20(19)35(26,32)33/h2-4,8-11,15,31H,5-7,12H2,1H3,(H2,26,32,33). The zero-order chi connectivity index (χ0) is 25.4. The van der Waals surface area contributed by atoms with Crippen LogP contribution in [0.15, 0.2) is 47.4 Å². The first-order valence-electron chi connectivity index (χ1n) is 10.5. The van der Waals surface area contributed by atoms with E-state index in [2.05, 4.69) is 15.5 Å². The van der Waals surface area contributed by atoms with Gasteiger partial charge in [0.1, 0.15) is 10.6 Å². The summed E-state index contributed by atoms with van der Waals surface area (Å²) < 4.78 is 73.2. The number of aromatic nitrogens is 4. The second-order valence-corrected chi connectivity index (χ2v) is 9.57. The number of allylic oxidation sites excluding steroid dienone is 1. The minimum Gasteiger partial charge on any atom is -0.497 e. The van der Waals surface area contributed by atoms with Crippen LogP contribution in [-0.4, -0.2) is 46.9 Å². The van der Waals surface area contributed by atoms with E-state index in [-0.39, 0.29) is 29.9 Å². The molecule has 186 valence electrons. The maximum Gasteiger partial charge on any atom is 0.417 e. The van der Waals surface area contributed by atoms with E-state index in [1.807, 2.05) is 0 Å². The van der Waals surface area contributed by atoms with Crippen LogP contribution in [0.25, 0.3) is 17.0 Å². The zero-order valence-electron chi connectivity index (χ0n) is 18.5. The van der Waals surface area contributed by atoms with Gasteiger partial charge in [-0.1, -0.05) is 24.3 Å². The Morgan fingerprint density at radius 2 is 1.91 bits per heavy atom. The second kappa shape index (κ2) is 9.40. The molecule has 3 N–H and O–H groups in total. The van der Waals surface area contributed by atoms with E-state index >= 15 is 0 Å². The molecule has 2 aromatic carbocycles. The van der Waals surface area contributed by atoms with E-state index < -0.39 is 32.8 Å². The molecule has 1 atom stereocenters. The van der Waals surface area contributed by atoms with Gasteiger partial charge in [0.2, 0.25) is 10.0 Å². The summed E-state index contributed by atoms with van der Waals surface area (Å²) in [4.78, 5) is -1.10. The van der Waals surface area contributed by atoms with Crippen molar-refractivity contribution in [2.45, 2.75) is 43.0 Å². The van der Waals surface area contributed by atoms with Crippen LogP contribution in [-0.2, 0) is 22.7 Å². The molecule has 1 aliphatic carbocycles. The third kappa shape index (κ3) is 5.21. The number of rotatable bonds is 6. The smallest absolute Gasteiger partial charge is 0.417 e. The summed E-state index contributed by atoms with van der Waals surface area (Å²) in [5, 5.41) is 26.6. The highest BCUT2D eigenvalue weighted by molar-refractivity contribution is 7.89. The molecule has 0 fully saturated rings. The number of alkyl halides is 3. The van der Waals surface area contributed by atoms with Crippen molar-refractivity contribution in [2.24, 2.45) is 5.14 Å². The average Bonchev–Trinajstić information content (AvgIpc) is 3.25. The molecule has 0 amide bonds. The first-order chi connectivity index (χ1) is 16.5. The van der Waals surface area contributed by atoms with Crippen molar-refractivity contribution >= 4 is 15.6 Å². The molecule has 1 heterocycles. The molecule has 0 radical (unpaired) electrons. The normalized spacial score (nSPS) is 16.7. The maximum absolute atomic E-state index is 13.9. The van der Waals surface area contributed by atoms with Crippen LogP contribution in [0.4, 0.5) is 13.2 Å². The van der Waals surface area contributed by atoms with E-state index in [0.29, 0.717) is 35.8 Å². The van der Waals surface area contributed by atoms with Gasteiger partial charge in [-0.2, -0.15) is 13.2 Å². The fourth-order valence-corrected chi connectivity index (χ4v) is 5.03. The molecule has 0 saturated carbocycles. The van der Waals surface area contributed by atoms with Crippen molar-refractivity contribution in [1.29, 1.82) is 0 Å². The molecule has 1 unspecified atom stereocenters. The SMILES string of the molecule is COc1ccc(Cn2nnnc2-c2c(C3=CCC(O)CC3)ccc(C(F)(F)F)c2S(N)(=O)=O)cc1. The molecule has 4 rings (SSSR count). The summed E-state index contributed by atoms with van der Waals surface area (Å²) in [6.07, 6.45) is -2.95. The Labute approximate surface area is 199 Å². The van der Waals surface area contributed by atoms with Gasteiger partial charge in [-0.05, 0) is 64.6 Å². The van der Waals surface area contributed by atoms with Crippen molar-refractivity contribution in [3.63, 3.8) is 0 Å². The van der Waals surface area contributed by atoms with Gasteiger partial charge in [-0.3, -0.25) is 0 Å². The highest BCUT2D eigenvalue weighted by atomic mass is 32.2. The number of methoxy groups -OCH3 is 1. The molecule has 1 aromatic heterocycles. The Bertz CT molecular complexity index is 1370. The largest absolute Gasteiger partial charge is 0.497 e. The quantitative estimate of drug-likeness (QED) is 0.522. The number of aliphatic hydroxyl groups excluding tert-OH is 1. The summed E-state index contributed by atoms with van der Waals surface area (Å²) in [6.45, 7) is 0.0455. The number of ether oxygens (including phenoxy) is 1. The number of primary sulfonamides is 1. The van der Waals surface area contributed by atoms with Gasteiger partial charge in [0, 0.05) is 5.56 Å². The molecular weight excluding hydrogens is 487 g/mol. The number of halogens is 3. The molecule has 0 bridgehead atoms. The highest BCUT2D eigenvalue weighted by Gasteiger charge is 2.40. The lowest BCUT2D eigenvalue weighted by Crippen LogP contribution is -2.22. The van der Waals surface area contributed by atoms with Crippen molar-refractivity contribution in [1.82, 2.24) is 20.2 Å². The van der Waals surface area contributed by atoms with Gasteiger partial charge >= 0.3 is 6.18 Å². The number of nitrogens with two attached hydrogens (primary N) is 1. The maximum atomic E-state index is 13.9. The number of aliphatic hydroxyl groups is 1. The molecule has 1 aliphatic rings. The molecule has 0 saturated heterocycles. The Morgan fingerprint density at radius 3 is 2.49 bits per heavy atom. The summed E-state index contributed by atoms with van der Waals surface area (Å²) in [5.74, 6) is 0.423. The summed E-state index contributed by atoms with van der Waals surface area (Å²) in [7, 11) is -3.35. The van der Waals surface area contributed by atoms with Crippen LogP contribution in [0.1, 0.15) is 36.0 Å². The van der Waals surface area contributed by atoms with E-state index in [1.165, 1.54) is 17.9 Å². The number of nitrogens with zero attached hydrogens (tertiary/aromatic N) is 4. The predicted octanol–water partition coefficient (Wildman–Crippen LogP) is 2.99. The molecular formula is C22H22F3N5O4S. The second-order valence-electron chi connectivity index (χ2n) is 8.07. The number of hydrogen-bond acceptors (Lipinski definition) is 7. The van der Waals surface area contributed by atoms with Gasteiger partial charge in [-0.25, -0.2) is 18.2 Å². The predicted molar refractivity (Wildman–Crippen MR) is 120 cm³/mol. The van der Waals surface area contributed by atoms with Gasteiger partial charge in [-0.15, -0.1) is 5.10 Å². The molecule has 3 aromatic rings. The lowest BCUT2D eigenvalue weighted by atomic mass is 9.88. The van der Waals surface area contributed by atoms with Gasteiger partial charge < -0.3 is 9.84 Å². The van der Waals surface area contributed by atoms with E-state index in [1.54, 1.807) is 30.3 Å². The fourth-order valence-electron chi connectivity index (χ4n) is 4.05. The molecule has 13 heteroatoms. The Balaban J connectivity index is 1.96. The van der Waals surface area contributed by atoms with E-state index in [0.717, 1.165) is 0 Å². The third-order valence-corrected chi connectivity index (χ3v) is 6.72. The Morgan fingerprint density at radius 1 is 1.20 bits per heavy atom. The van der Waals surface area contributed by atoms with Crippen molar-refractivity contribution < 1.29 is 31.4 Å². The monoisotopic (exact) mass is 509 g/mol. The number of tetrazole rings is 1. The van der Waals surface area contributed by atoms with Gasteiger partial charge in [0.15, 0.2) is 5.82 Å². The number of sulfonamides is 1. The van der Waals surface area contributed by atoms with Crippen LogP contribution >= 0.6 is 0 Å². The van der Waals surface area contributed by atoms with Crippen LogP contribution < -0.4 is 9.88 Å². The molecule has 35 heavy (non-hydrogen) atoms. The van der Waals surface area contributed by atoms with Crippen molar-refractivity contribution in [3.05, 3.63) is 59.2 Å². The first-order valence-corrected chi connectivity index (χ1v) is 12.1. The van der Waals surface area contributed by atoms with Gasteiger partial charge in [0.25, 0.3) is 0 Å². The van der Waals surface area contributed by atoms with E-state index in [9.17, 15) is 26.7 Å². The van der Waals surface area contributed by atoms with Crippen LogP contribution in [0.2, 0.25) is 0 Å². The number of hydrogen-bond donors (Lipinski definition) is 2. The third-order valence-electron chi connectivity index (χ3n) is 5.72.